The highest BCUT2D eigenvalue weighted by atomic mass is 35.5. The molecule has 0 aliphatic rings. The fraction of sp³-hybridized carbons (Fsp3) is 0.214. The lowest BCUT2D eigenvalue weighted by molar-refractivity contribution is -0.141. The molecule has 0 saturated carbocycles. The zero-order chi connectivity index (χ0) is 15.4. The van der Waals surface area contributed by atoms with Crippen molar-refractivity contribution in [2.75, 3.05) is 12.4 Å². The minimum Gasteiger partial charge on any atom is -0.468 e. The van der Waals surface area contributed by atoms with Crippen molar-refractivity contribution in [3.05, 3.63) is 46.7 Å². The Kier molecular flexibility index (Phi) is 4.59. The normalized spacial score (nSPS) is 10.2. The van der Waals surface area contributed by atoms with Crippen molar-refractivity contribution >= 4 is 29.2 Å². The summed E-state index contributed by atoms with van der Waals surface area (Å²) in [7, 11) is 1.30. The molecule has 1 aromatic heterocycles. The lowest BCUT2D eigenvalue weighted by atomic mass is 10.1. The van der Waals surface area contributed by atoms with Crippen LogP contribution in [0, 0.1) is 6.92 Å². The van der Waals surface area contributed by atoms with E-state index in [0.717, 1.165) is 5.56 Å². The second kappa shape index (κ2) is 6.41. The van der Waals surface area contributed by atoms with E-state index in [-0.39, 0.29) is 12.5 Å². The fourth-order valence-corrected chi connectivity index (χ4v) is 1.82. The Hall–Kier alpha value is -2.34. The van der Waals surface area contributed by atoms with Crippen LogP contribution in [0.5, 0.6) is 0 Å². The summed E-state index contributed by atoms with van der Waals surface area (Å²) in [5.41, 5.74) is 1.82. The summed E-state index contributed by atoms with van der Waals surface area (Å²) in [5, 5.41) is 7.27. The summed E-state index contributed by atoms with van der Waals surface area (Å²) in [4.78, 5) is 23.2. The Labute approximate surface area is 126 Å². The van der Waals surface area contributed by atoms with Gasteiger partial charge in [0.1, 0.15) is 6.54 Å². The Bertz CT molecular complexity index is 682. The maximum Gasteiger partial charge on any atom is 0.327 e. The largest absolute Gasteiger partial charge is 0.468 e. The number of carbonyl (C=O) groups is 2. The SMILES string of the molecule is COC(=O)Cn1cc(NC(=O)c2ccc(Cl)c(C)c2)cn1. The molecule has 7 heteroatoms. The van der Waals surface area contributed by atoms with Crippen LogP contribution < -0.4 is 5.32 Å². The van der Waals surface area contributed by atoms with Crippen LogP contribution in [0.3, 0.4) is 0 Å². The predicted octanol–water partition coefficient (Wildman–Crippen LogP) is 2.27. The number of halogens is 1. The van der Waals surface area contributed by atoms with Crippen LogP contribution in [0.1, 0.15) is 15.9 Å². The van der Waals surface area contributed by atoms with Crippen LogP contribution in [0.25, 0.3) is 0 Å². The summed E-state index contributed by atoms with van der Waals surface area (Å²) in [6, 6.07) is 5.02. The van der Waals surface area contributed by atoms with Gasteiger partial charge in [-0.05, 0) is 30.7 Å². The molecule has 0 bridgehead atoms. The molecular weight excluding hydrogens is 294 g/mol. The quantitative estimate of drug-likeness (QED) is 0.879. The van der Waals surface area contributed by atoms with Gasteiger partial charge >= 0.3 is 5.97 Å². The number of carbonyl (C=O) groups excluding carboxylic acids is 2. The smallest absolute Gasteiger partial charge is 0.327 e. The first-order valence-electron chi connectivity index (χ1n) is 6.16. The maximum atomic E-state index is 12.1. The van der Waals surface area contributed by atoms with E-state index in [1.807, 2.05) is 6.92 Å². The van der Waals surface area contributed by atoms with Crippen molar-refractivity contribution in [3.63, 3.8) is 0 Å². The maximum absolute atomic E-state index is 12.1. The zero-order valence-corrected chi connectivity index (χ0v) is 12.3. The fourth-order valence-electron chi connectivity index (χ4n) is 1.70. The average molecular weight is 308 g/mol. The zero-order valence-electron chi connectivity index (χ0n) is 11.6. The number of aromatic nitrogens is 2. The van der Waals surface area contributed by atoms with Crippen molar-refractivity contribution in [1.82, 2.24) is 9.78 Å². The number of nitrogens with one attached hydrogen (secondary N) is 1. The van der Waals surface area contributed by atoms with Crippen LogP contribution in [0.15, 0.2) is 30.6 Å². The second-order valence-electron chi connectivity index (χ2n) is 4.42. The highest BCUT2D eigenvalue weighted by Crippen LogP contribution is 2.17. The molecule has 1 N–H and O–H groups in total. The summed E-state index contributed by atoms with van der Waals surface area (Å²) in [6.45, 7) is 1.82. The van der Waals surface area contributed by atoms with E-state index in [4.69, 9.17) is 11.6 Å². The average Bonchev–Trinajstić information content (AvgIpc) is 2.88. The number of hydrogen-bond acceptors (Lipinski definition) is 4. The molecule has 0 radical (unpaired) electrons. The number of aryl methyl sites for hydroxylation is 1. The van der Waals surface area contributed by atoms with Crippen LogP contribution >= 0.6 is 11.6 Å². The Balaban J connectivity index is 2.05. The molecule has 0 atom stereocenters. The van der Waals surface area contributed by atoms with Crippen LogP contribution in [-0.2, 0) is 16.1 Å². The monoisotopic (exact) mass is 307 g/mol. The number of hydrogen-bond donors (Lipinski definition) is 1. The first kappa shape index (κ1) is 15.1. The number of methoxy groups -OCH3 is 1. The number of ether oxygens (including phenoxy) is 1. The van der Waals surface area contributed by atoms with Crippen LogP contribution in [0.4, 0.5) is 5.69 Å². The van der Waals surface area contributed by atoms with Gasteiger partial charge in [-0.3, -0.25) is 14.3 Å². The van der Waals surface area contributed by atoms with Gasteiger partial charge in [0.25, 0.3) is 5.91 Å². The molecule has 0 aliphatic heterocycles. The number of amides is 1. The van der Waals surface area contributed by atoms with E-state index in [2.05, 4.69) is 15.2 Å². The third-order valence-corrected chi connectivity index (χ3v) is 3.25. The van der Waals surface area contributed by atoms with E-state index in [1.165, 1.54) is 18.0 Å². The number of esters is 1. The van der Waals surface area contributed by atoms with E-state index in [1.54, 1.807) is 24.4 Å². The van der Waals surface area contributed by atoms with Crippen molar-refractivity contribution in [3.8, 4) is 0 Å². The minimum atomic E-state index is -0.413. The Morgan fingerprint density at radius 2 is 2.19 bits per heavy atom. The van der Waals surface area contributed by atoms with Crippen molar-refractivity contribution in [1.29, 1.82) is 0 Å². The molecule has 6 nitrogen and oxygen atoms in total. The topological polar surface area (TPSA) is 73.2 Å². The molecule has 0 unspecified atom stereocenters. The predicted molar refractivity (Wildman–Crippen MR) is 78.4 cm³/mol. The number of benzene rings is 1. The molecular formula is C14H14ClN3O3. The van der Waals surface area contributed by atoms with Crippen LogP contribution in [0.2, 0.25) is 5.02 Å². The molecule has 1 aromatic carbocycles. The van der Waals surface area contributed by atoms with Gasteiger partial charge in [-0.2, -0.15) is 5.10 Å². The molecule has 0 spiro atoms. The lowest BCUT2D eigenvalue weighted by Gasteiger charge is -2.04. The van der Waals surface area contributed by atoms with Gasteiger partial charge in [0, 0.05) is 16.8 Å². The van der Waals surface area contributed by atoms with Crippen molar-refractivity contribution in [2.45, 2.75) is 13.5 Å². The number of nitrogens with zero attached hydrogens (tertiary/aromatic N) is 2. The van der Waals surface area contributed by atoms with Gasteiger partial charge in [0.05, 0.1) is 19.0 Å². The molecule has 1 amide bonds. The third-order valence-electron chi connectivity index (χ3n) is 2.83. The summed E-state index contributed by atoms with van der Waals surface area (Å²) < 4.78 is 5.92. The van der Waals surface area contributed by atoms with Gasteiger partial charge < -0.3 is 10.1 Å². The highest BCUT2D eigenvalue weighted by Gasteiger charge is 2.10. The number of anilines is 1. The molecule has 0 aliphatic carbocycles. The lowest BCUT2D eigenvalue weighted by Crippen LogP contribution is -2.13. The second-order valence-corrected chi connectivity index (χ2v) is 4.83. The molecule has 0 fully saturated rings. The third kappa shape index (κ3) is 3.82. The van der Waals surface area contributed by atoms with Gasteiger partial charge in [0.15, 0.2) is 0 Å². The minimum absolute atomic E-state index is 0.00752. The van der Waals surface area contributed by atoms with E-state index in [9.17, 15) is 9.59 Å². The molecule has 110 valence electrons. The standard InChI is InChI=1S/C14H14ClN3O3/c1-9-5-10(3-4-12(9)15)14(20)17-11-6-16-18(7-11)8-13(19)21-2/h3-7H,8H2,1-2H3,(H,17,20). The summed E-state index contributed by atoms with van der Waals surface area (Å²) in [5.74, 6) is -0.684. The van der Waals surface area contributed by atoms with Gasteiger partial charge in [-0.1, -0.05) is 11.6 Å². The Morgan fingerprint density at radius 3 is 2.86 bits per heavy atom. The van der Waals surface area contributed by atoms with E-state index in [0.29, 0.717) is 16.3 Å². The first-order valence-corrected chi connectivity index (χ1v) is 6.54. The molecule has 21 heavy (non-hydrogen) atoms. The van der Waals surface area contributed by atoms with Crippen LogP contribution in [-0.4, -0.2) is 28.8 Å². The molecule has 0 saturated heterocycles. The van der Waals surface area contributed by atoms with Gasteiger partial charge in [-0.15, -0.1) is 0 Å². The van der Waals surface area contributed by atoms with Gasteiger partial charge in [0.2, 0.25) is 0 Å². The summed E-state index contributed by atoms with van der Waals surface area (Å²) >= 11 is 5.92. The van der Waals surface area contributed by atoms with Crippen molar-refractivity contribution in [2.24, 2.45) is 0 Å². The van der Waals surface area contributed by atoms with Gasteiger partial charge in [-0.25, -0.2) is 0 Å². The number of rotatable bonds is 4. The van der Waals surface area contributed by atoms with E-state index >= 15 is 0 Å². The molecule has 2 rings (SSSR count). The first-order chi connectivity index (χ1) is 9.99. The summed E-state index contributed by atoms with van der Waals surface area (Å²) in [6.07, 6.45) is 3.02. The molecule has 1 heterocycles. The van der Waals surface area contributed by atoms with E-state index < -0.39 is 5.97 Å². The molecule has 2 aromatic rings. The Morgan fingerprint density at radius 1 is 1.43 bits per heavy atom. The van der Waals surface area contributed by atoms with Crippen molar-refractivity contribution < 1.29 is 14.3 Å². The highest BCUT2D eigenvalue weighted by molar-refractivity contribution is 6.31.